The summed E-state index contributed by atoms with van der Waals surface area (Å²) < 4.78 is 5.21. The molecule has 5 nitrogen and oxygen atoms in total. The van der Waals surface area contributed by atoms with Gasteiger partial charge < -0.3 is 9.84 Å². The van der Waals surface area contributed by atoms with Crippen LogP contribution < -0.4 is 5.32 Å². The predicted molar refractivity (Wildman–Crippen MR) is 83.9 cm³/mol. The second-order valence-electron chi connectivity index (χ2n) is 4.71. The normalized spacial score (nSPS) is 10.5. The quantitative estimate of drug-likeness (QED) is 0.795. The Labute approximate surface area is 131 Å². The topological polar surface area (TPSA) is 68.0 Å². The molecule has 0 saturated carbocycles. The number of aromatic nitrogens is 2. The summed E-state index contributed by atoms with van der Waals surface area (Å²) in [5.41, 5.74) is 1.86. The molecule has 2 heterocycles. The lowest BCUT2D eigenvalue weighted by Gasteiger charge is -2.04. The summed E-state index contributed by atoms with van der Waals surface area (Å²) in [6, 6.07) is 12.3. The number of nitrogens with one attached hydrogen (secondary N) is 1. The molecule has 0 fully saturated rings. The Morgan fingerprint density at radius 1 is 1.23 bits per heavy atom. The average molecular weight is 314 g/mol. The monoisotopic (exact) mass is 313 g/mol. The number of hydrogen-bond donors (Lipinski definition) is 1. The molecule has 22 heavy (non-hydrogen) atoms. The SMILES string of the molecule is Cc1cccnc1NC(=O)c1cc(-c2ccc(Cl)cc2)on1. The van der Waals surface area contributed by atoms with Crippen molar-refractivity contribution in [2.24, 2.45) is 0 Å². The second kappa shape index (κ2) is 5.99. The van der Waals surface area contributed by atoms with Gasteiger partial charge in [0.25, 0.3) is 5.91 Å². The van der Waals surface area contributed by atoms with Crippen molar-refractivity contribution in [3.05, 3.63) is 64.9 Å². The largest absolute Gasteiger partial charge is 0.355 e. The second-order valence-corrected chi connectivity index (χ2v) is 5.14. The maximum Gasteiger partial charge on any atom is 0.279 e. The zero-order valence-corrected chi connectivity index (χ0v) is 12.5. The van der Waals surface area contributed by atoms with Gasteiger partial charge in [-0.05, 0) is 42.8 Å². The number of aryl methyl sites for hydroxylation is 1. The van der Waals surface area contributed by atoms with E-state index in [0.717, 1.165) is 11.1 Å². The highest BCUT2D eigenvalue weighted by atomic mass is 35.5. The van der Waals surface area contributed by atoms with E-state index in [9.17, 15) is 4.79 Å². The number of nitrogens with zero attached hydrogens (tertiary/aromatic N) is 2. The Kier molecular flexibility index (Phi) is 3.89. The van der Waals surface area contributed by atoms with Crippen molar-refractivity contribution < 1.29 is 9.32 Å². The minimum Gasteiger partial charge on any atom is -0.355 e. The number of anilines is 1. The van der Waals surface area contributed by atoms with Gasteiger partial charge in [-0.1, -0.05) is 22.8 Å². The highest BCUT2D eigenvalue weighted by Crippen LogP contribution is 2.22. The van der Waals surface area contributed by atoms with Gasteiger partial charge in [-0.3, -0.25) is 4.79 Å². The predicted octanol–water partition coefficient (Wildman–Crippen LogP) is 3.95. The number of amides is 1. The van der Waals surface area contributed by atoms with Crippen LogP contribution in [-0.2, 0) is 0 Å². The molecule has 0 unspecified atom stereocenters. The molecule has 2 aromatic heterocycles. The molecule has 0 aliphatic heterocycles. The maximum absolute atomic E-state index is 12.2. The zero-order valence-electron chi connectivity index (χ0n) is 11.7. The van der Waals surface area contributed by atoms with Crippen LogP contribution in [0.2, 0.25) is 5.02 Å². The number of hydrogen-bond acceptors (Lipinski definition) is 4. The molecule has 3 aromatic rings. The number of rotatable bonds is 3. The van der Waals surface area contributed by atoms with Crippen LogP contribution in [0.4, 0.5) is 5.82 Å². The average Bonchev–Trinajstić information content (AvgIpc) is 3.00. The van der Waals surface area contributed by atoms with Crippen LogP contribution in [0.3, 0.4) is 0 Å². The first kappa shape index (κ1) is 14.3. The number of halogens is 1. The van der Waals surface area contributed by atoms with Crippen LogP contribution in [-0.4, -0.2) is 16.0 Å². The van der Waals surface area contributed by atoms with Crippen molar-refractivity contribution in [3.8, 4) is 11.3 Å². The Morgan fingerprint density at radius 2 is 2.00 bits per heavy atom. The van der Waals surface area contributed by atoms with Gasteiger partial charge in [0, 0.05) is 22.8 Å². The molecule has 0 radical (unpaired) electrons. The summed E-state index contributed by atoms with van der Waals surface area (Å²) in [5.74, 6) is 0.633. The van der Waals surface area contributed by atoms with Gasteiger partial charge in [-0.25, -0.2) is 4.98 Å². The van der Waals surface area contributed by atoms with Crippen LogP contribution in [0.25, 0.3) is 11.3 Å². The van der Waals surface area contributed by atoms with Crippen LogP contribution >= 0.6 is 11.6 Å². The molecule has 0 atom stereocenters. The van der Waals surface area contributed by atoms with Crippen molar-refractivity contribution in [1.29, 1.82) is 0 Å². The van der Waals surface area contributed by atoms with E-state index in [0.29, 0.717) is 16.6 Å². The fourth-order valence-corrected chi connectivity index (χ4v) is 2.05. The van der Waals surface area contributed by atoms with Crippen molar-refractivity contribution in [1.82, 2.24) is 10.1 Å². The molecular weight excluding hydrogens is 302 g/mol. The fraction of sp³-hybridized carbons (Fsp3) is 0.0625. The molecule has 0 aliphatic rings. The third kappa shape index (κ3) is 2.99. The van der Waals surface area contributed by atoms with Gasteiger partial charge in [0.05, 0.1) is 0 Å². The number of pyridine rings is 1. The molecule has 1 aromatic carbocycles. The van der Waals surface area contributed by atoms with Gasteiger partial charge in [0.2, 0.25) is 0 Å². The van der Waals surface area contributed by atoms with Gasteiger partial charge in [0.1, 0.15) is 5.82 Å². The molecule has 0 saturated heterocycles. The van der Waals surface area contributed by atoms with Crippen molar-refractivity contribution in [2.75, 3.05) is 5.32 Å². The highest BCUT2D eigenvalue weighted by molar-refractivity contribution is 6.30. The maximum atomic E-state index is 12.2. The first-order chi connectivity index (χ1) is 10.6. The lowest BCUT2D eigenvalue weighted by Crippen LogP contribution is -2.14. The van der Waals surface area contributed by atoms with Gasteiger partial charge in [-0.2, -0.15) is 0 Å². The van der Waals surface area contributed by atoms with Crippen LogP contribution in [0, 0.1) is 6.92 Å². The van der Waals surface area contributed by atoms with Gasteiger partial charge in [0.15, 0.2) is 11.5 Å². The number of carbonyl (C=O) groups excluding carboxylic acids is 1. The van der Waals surface area contributed by atoms with E-state index in [-0.39, 0.29) is 11.6 Å². The third-order valence-corrected chi connectivity index (χ3v) is 3.36. The zero-order chi connectivity index (χ0) is 15.5. The molecular formula is C16H12ClN3O2. The Morgan fingerprint density at radius 3 is 2.73 bits per heavy atom. The summed E-state index contributed by atoms with van der Waals surface area (Å²) in [6.45, 7) is 1.87. The smallest absolute Gasteiger partial charge is 0.279 e. The van der Waals surface area contributed by atoms with Crippen LogP contribution in [0.15, 0.2) is 53.2 Å². The van der Waals surface area contributed by atoms with E-state index in [1.54, 1.807) is 42.6 Å². The minimum absolute atomic E-state index is 0.190. The molecule has 0 spiro atoms. The van der Waals surface area contributed by atoms with E-state index in [1.807, 2.05) is 13.0 Å². The summed E-state index contributed by atoms with van der Waals surface area (Å²) in [5, 5.41) is 7.13. The highest BCUT2D eigenvalue weighted by Gasteiger charge is 2.15. The van der Waals surface area contributed by atoms with E-state index in [2.05, 4.69) is 15.5 Å². The minimum atomic E-state index is -0.370. The number of carbonyl (C=O) groups is 1. The lowest BCUT2D eigenvalue weighted by molar-refractivity contribution is 0.101. The molecule has 1 amide bonds. The summed E-state index contributed by atoms with van der Waals surface area (Å²) in [7, 11) is 0. The molecule has 6 heteroatoms. The summed E-state index contributed by atoms with van der Waals surface area (Å²) >= 11 is 5.84. The summed E-state index contributed by atoms with van der Waals surface area (Å²) in [4.78, 5) is 16.3. The molecule has 110 valence electrons. The summed E-state index contributed by atoms with van der Waals surface area (Å²) in [6.07, 6.45) is 1.62. The van der Waals surface area contributed by atoms with Crippen molar-refractivity contribution in [3.63, 3.8) is 0 Å². The van der Waals surface area contributed by atoms with E-state index < -0.39 is 0 Å². The Bertz CT molecular complexity index is 812. The molecule has 3 rings (SSSR count). The van der Waals surface area contributed by atoms with E-state index >= 15 is 0 Å². The number of benzene rings is 1. The van der Waals surface area contributed by atoms with E-state index in [1.165, 1.54) is 0 Å². The first-order valence-electron chi connectivity index (χ1n) is 6.59. The van der Waals surface area contributed by atoms with E-state index in [4.69, 9.17) is 16.1 Å². The standard InChI is InChI=1S/C16H12ClN3O2/c1-10-3-2-8-18-15(10)19-16(21)13-9-14(22-20-13)11-4-6-12(17)7-5-11/h2-9H,1H3,(H,18,19,21). The lowest BCUT2D eigenvalue weighted by atomic mass is 10.1. The van der Waals surface area contributed by atoms with Crippen molar-refractivity contribution >= 4 is 23.3 Å². The fourth-order valence-electron chi connectivity index (χ4n) is 1.92. The Balaban J connectivity index is 1.80. The van der Waals surface area contributed by atoms with Gasteiger partial charge >= 0.3 is 0 Å². The molecule has 0 aliphatic carbocycles. The van der Waals surface area contributed by atoms with Crippen molar-refractivity contribution in [2.45, 2.75) is 6.92 Å². The molecule has 1 N–H and O–H groups in total. The first-order valence-corrected chi connectivity index (χ1v) is 6.97. The van der Waals surface area contributed by atoms with Crippen LogP contribution in [0.5, 0.6) is 0 Å². The Hall–Kier alpha value is -2.66. The third-order valence-electron chi connectivity index (χ3n) is 3.11. The molecule has 0 bridgehead atoms. The van der Waals surface area contributed by atoms with Crippen LogP contribution in [0.1, 0.15) is 16.1 Å². The van der Waals surface area contributed by atoms with Gasteiger partial charge in [-0.15, -0.1) is 0 Å².